The Morgan fingerprint density at radius 1 is 1.07 bits per heavy atom. The summed E-state index contributed by atoms with van der Waals surface area (Å²) < 4.78 is 31.1. The maximum atomic E-state index is 12.7. The number of carbonyl (C=O) groups excluding carboxylic acids is 1. The number of hydrogen-bond acceptors (Lipinski definition) is 5. The molecule has 1 amide bonds. The third-order valence-electron chi connectivity index (χ3n) is 4.98. The minimum Gasteiger partial charge on any atom is -0.441 e. The van der Waals surface area contributed by atoms with Gasteiger partial charge in [0.15, 0.2) is 9.84 Å². The number of carbonyl (C=O) groups is 1. The van der Waals surface area contributed by atoms with Gasteiger partial charge in [0.25, 0.3) is 5.91 Å². The van der Waals surface area contributed by atoms with Crippen LogP contribution in [0.1, 0.15) is 47.6 Å². The van der Waals surface area contributed by atoms with E-state index in [-0.39, 0.29) is 22.6 Å². The first-order valence-corrected chi connectivity index (χ1v) is 11.5. The highest BCUT2D eigenvalue weighted by atomic mass is 32.2. The summed E-state index contributed by atoms with van der Waals surface area (Å²) in [5.74, 6) is 0.417. The van der Waals surface area contributed by atoms with Crippen molar-refractivity contribution in [2.75, 3.05) is 0 Å². The number of amides is 1. The molecule has 3 rings (SSSR count). The highest BCUT2D eigenvalue weighted by Crippen LogP contribution is 2.25. The van der Waals surface area contributed by atoms with E-state index in [1.807, 2.05) is 20.8 Å². The predicted octanol–water partition coefficient (Wildman–Crippen LogP) is 4.46. The zero-order valence-corrected chi connectivity index (χ0v) is 18.4. The molecular weight excluding hydrogens is 400 g/mol. The minimum atomic E-state index is -3.53. The SMILES string of the molecule is CC[C@@H](C)NC(=O)c1ccc(-c2nc(CS(=O)(=O)c3ccc(C)cc3)c(C)o2)cc1. The Kier molecular flexibility index (Phi) is 6.41. The molecule has 1 aromatic heterocycles. The summed E-state index contributed by atoms with van der Waals surface area (Å²) in [7, 11) is -3.53. The van der Waals surface area contributed by atoms with E-state index >= 15 is 0 Å². The predicted molar refractivity (Wildman–Crippen MR) is 116 cm³/mol. The highest BCUT2D eigenvalue weighted by Gasteiger charge is 2.21. The molecule has 2 aromatic carbocycles. The molecule has 7 heteroatoms. The Bertz CT molecular complexity index is 1130. The molecule has 0 saturated heterocycles. The van der Waals surface area contributed by atoms with E-state index in [1.165, 1.54) is 0 Å². The first-order chi connectivity index (χ1) is 14.2. The second-order valence-corrected chi connectivity index (χ2v) is 9.44. The fourth-order valence-corrected chi connectivity index (χ4v) is 4.21. The summed E-state index contributed by atoms with van der Waals surface area (Å²) in [6.45, 7) is 7.57. The summed E-state index contributed by atoms with van der Waals surface area (Å²) in [5, 5.41) is 2.92. The number of nitrogens with zero attached hydrogens (tertiary/aromatic N) is 1. The molecule has 0 aliphatic rings. The van der Waals surface area contributed by atoms with Crippen molar-refractivity contribution < 1.29 is 17.6 Å². The van der Waals surface area contributed by atoms with E-state index in [1.54, 1.807) is 55.5 Å². The topological polar surface area (TPSA) is 89.3 Å². The van der Waals surface area contributed by atoms with Crippen molar-refractivity contribution in [3.63, 3.8) is 0 Å². The quantitative estimate of drug-likeness (QED) is 0.602. The lowest BCUT2D eigenvalue weighted by Gasteiger charge is -2.11. The summed E-state index contributed by atoms with van der Waals surface area (Å²) in [4.78, 5) is 16.9. The molecule has 0 radical (unpaired) electrons. The molecule has 0 unspecified atom stereocenters. The van der Waals surface area contributed by atoms with E-state index < -0.39 is 9.84 Å². The van der Waals surface area contributed by atoms with Gasteiger partial charge in [-0.1, -0.05) is 24.6 Å². The number of sulfone groups is 1. The van der Waals surface area contributed by atoms with Crippen molar-refractivity contribution in [3.8, 4) is 11.5 Å². The fraction of sp³-hybridized carbons (Fsp3) is 0.304. The van der Waals surface area contributed by atoms with Crippen LogP contribution in [0.2, 0.25) is 0 Å². The van der Waals surface area contributed by atoms with Crippen molar-refractivity contribution in [1.29, 1.82) is 0 Å². The van der Waals surface area contributed by atoms with Crippen LogP contribution in [0.4, 0.5) is 0 Å². The van der Waals surface area contributed by atoms with Gasteiger partial charge >= 0.3 is 0 Å². The van der Waals surface area contributed by atoms with Gasteiger partial charge in [-0.05, 0) is 63.6 Å². The van der Waals surface area contributed by atoms with Gasteiger partial charge < -0.3 is 9.73 Å². The van der Waals surface area contributed by atoms with Crippen LogP contribution < -0.4 is 5.32 Å². The zero-order chi connectivity index (χ0) is 21.9. The second kappa shape index (κ2) is 8.83. The largest absolute Gasteiger partial charge is 0.441 e. The Morgan fingerprint density at radius 2 is 1.70 bits per heavy atom. The van der Waals surface area contributed by atoms with Crippen molar-refractivity contribution >= 4 is 15.7 Å². The van der Waals surface area contributed by atoms with E-state index in [0.717, 1.165) is 12.0 Å². The smallest absolute Gasteiger partial charge is 0.251 e. The molecule has 158 valence electrons. The van der Waals surface area contributed by atoms with Gasteiger partial charge in [0, 0.05) is 17.2 Å². The number of aryl methyl sites for hydroxylation is 2. The van der Waals surface area contributed by atoms with E-state index in [0.29, 0.717) is 28.5 Å². The maximum absolute atomic E-state index is 12.7. The number of aromatic nitrogens is 1. The summed E-state index contributed by atoms with van der Waals surface area (Å²) in [5.41, 5.74) is 2.60. The third-order valence-corrected chi connectivity index (χ3v) is 6.63. The molecule has 1 heterocycles. The molecule has 3 aromatic rings. The first-order valence-electron chi connectivity index (χ1n) is 9.86. The Labute approximate surface area is 177 Å². The maximum Gasteiger partial charge on any atom is 0.251 e. The lowest BCUT2D eigenvalue weighted by Crippen LogP contribution is -2.31. The van der Waals surface area contributed by atoms with Gasteiger partial charge in [-0.3, -0.25) is 4.79 Å². The van der Waals surface area contributed by atoms with Crippen molar-refractivity contribution in [2.45, 2.75) is 50.8 Å². The number of nitrogens with one attached hydrogen (secondary N) is 1. The Balaban J connectivity index is 1.79. The molecule has 0 bridgehead atoms. The van der Waals surface area contributed by atoms with Crippen LogP contribution >= 0.6 is 0 Å². The van der Waals surface area contributed by atoms with Gasteiger partial charge in [0.2, 0.25) is 5.89 Å². The van der Waals surface area contributed by atoms with Crippen molar-refractivity contribution in [1.82, 2.24) is 10.3 Å². The molecule has 6 nitrogen and oxygen atoms in total. The number of rotatable bonds is 7. The normalized spacial score (nSPS) is 12.5. The second-order valence-electron chi connectivity index (χ2n) is 7.45. The van der Waals surface area contributed by atoms with Gasteiger partial charge in [-0.2, -0.15) is 0 Å². The van der Waals surface area contributed by atoms with Crippen molar-refractivity contribution in [2.24, 2.45) is 0 Å². The van der Waals surface area contributed by atoms with Crippen LogP contribution in [-0.4, -0.2) is 25.4 Å². The molecule has 0 saturated carbocycles. The molecule has 0 aliphatic heterocycles. The van der Waals surface area contributed by atoms with E-state index in [2.05, 4.69) is 10.3 Å². The lowest BCUT2D eigenvalue weighted by atomic mass is 10.1. The molecule has 0 fully saturated rings. The highest BCUT2D eigenvalue weighted by molar-refractivity contribution is 7.90. The first kappa shape index (κ1) is 21.8. The van der Waals surface area contributed by atoms with Crippen LogP contribution in [0.25, 0.3) is 11.5 Å². The molecule has 30 heavy (non-hydrogen) atoms. The minimum absolute atomic E-state index is 0.101. The number of hydrogen-bond donors (Lipinski definition) is 1. The summed E-state index contributed by atoms with van der Waals surface area (Å²) >= 11 is 0. The zero-order valence-electron chi connectivity index (χ0n) is 17.6. The summed E-state index contributed by atoms with van der Waals surface area (Å²) in [6, 6.07) is 13.7. The van der Waals surface area contributed by atoms with Gasteiger partial charge in [-0.25, -0.2) is 13.4 Å². The lowest BCUT2D eigenvalue weighted by molar-refractivity contribution is 0.0939. The van der Waals surface area contributed by atoms with Crippen LogP contribution in [0, 0.1) is 13.8 Å². The van der Waals surface area contributed by atoms with E-state index in [4.69, 9.17) is 4.42 Å². The monoisotopic (exact) mass is 426 g/mol. The fourth-order valence-electron chi connectivity index (χ4n) is 2.87. The number of benzene rings is 2. The Morgan fingerprint density at radius 3 is 2.30 bits per heavy atom. The standard InChI is InChI=1S/C23H26N2O4S/c1-5-16(3)24-22(26)18-8-10-19(11-9-18)23-25-21(17(4)29-23)14-30(27,28)20-12-6-15(2)7-13-20/h6-13,16H,5,14H2,1-4H3,(H,24,26)/t16-/m1/s1. The van der Waals surface area contributed by atoms with Crippen LogP contribution in [0.15, 0.2) is 57.8 Å². The van der Waals surface area contributed by atoms with Crippen LogP contribution in [-0.2, 0) is 15.6 Å². The molecule has 0 aliphatic carbocycles. The van der Waals surface area contributed by atoms with Gasteiger partial charge in [0.05, 0.1) is 10.6 Å². The van der Waals surface area contributed by atoms with Gasteiger partial charge in [-0.15, -0.1) is 0 Å². The molecular formula is C23H26N2O4S. The molecule has 1 atom stereocenters. The van der Waals surface area contributed by atoms with E-state index in [9.17, 15) is 13.2 Å². The third kappa shape index (κ3) is 4.97. The number of oxazole rings is 1. The van der Waals surface area contributed by atoms with Crippen LogP contribution in [0.5, 0.6) is 0 Å². The summed E-state index contributed by atoms with van der Waals surface area (Å²) in [6.07, 6.45) is 0.855. The molecule has 0 spiro atoms. The average Bonchev–Trinajstić information content (AvgIpc) is 3.08. The molecule has 1 N–H and O–H groups in total. The Hall–Kier alpha value is -2.93. The average molecular weight is 427 g/mol. The van der Waals surface area contributed by atoms with Crippen molar-refractivity contribution in [3.05, 3.63) is 71.1 Å². The van der Waals surface area contributed by atoms with Crippen LogP contribution in [0.3, 0.4) is 0 Å². The van der Waals surface area contributed by atoms with Gasteiger partial charge in [0.1, 0.15) is 11.5 Å².